The normalized spacial score (nSPS) is 24.8. The molecule has 0 aliphatic heterocycles. The molecule has 2 unspecified atom stereocenters. The second-order valence-electron chi connectivity index (χ2n) is 4.49. The van der Waals surface area contributed by atoms with E-state index in [1.807, 2.05) is 6.07 Å². The minimum atomic E-state index is 0.638. The maximum absolute atomic E-state index is 5.95. The molecule has 1 saturated carbocycles. The van der Waals surface area contributed by atoms with Crippen LogP contribution < -0.4 is 11.1 Å². The average molecular weight is 190 g/mol. The van der Waals surface area contributed by atoms with Crippen LogP contribution in [0, 0.1) is 19.8 Å². The average Bonchev–Trinajstić information content (AvgIpc) is 2.78. The maximum atomic E-state index is 5.95. The van der Waals surface area contributed by atoms with E-state index >= 15 is 0 Å². The molecule has 2 rings (SSSR count). The lowest BCUT2D eigenvalue weighted by molar-refractivity contribution is 0.929. The molecule has 1 aliphatic rings. The molecule has 76 valence electrons. The minimum Gasteiger partial charge on any atom is -0.397 e. The quantitative estimate of drug-likeness (QED) is 0.704. The van der Waals surface area contributed by atoms with Gasteiger partial charge in [-0.1, -0.05) is 6.92 Å². The predicted molar refractivity (Wildman–Crippen MR) is 61.5 cm³/mol. The Hall–Kier alpha value is -1.18. The molecular formula is C12H18N2. The highest BCUT2D eigenvalue weighted by molar-refractivity contribution is 5.69. The van der Waals surface area contributed by atoms with E-state index in [0.717, 1.165) is 17.3 Å². The molecule has 0 spiro atoms. The number of nitrogens with two attached hydrogens (primary N) is 1. The van der Waals surface area contributed by atoms with Gasteiger partial charge in [0, 0.05) is 6.04 Å². The number of aryl methyl sites for hydroxylation is 2. The molecule has 0 aromatic heterocycles. The third-order valence-electron chi connectivity index (χ3n) is 3.12. The first-order valence-corrected chi connectivity index (χ1v) is 5.21. The standard InChI is InChI=1S/C12H18N2/c1-7-4-10(13)12(5-8(7)2)14-11-6-9(11)3/h4-5,9,11,14H,6,13H2,1-3H3. The lowest BCUT2D eigenvalue weighted by Crippen LogP contribution is -2.06. The number of anilines is 2. The first-order chi connectivity index (χ1) is 6.58. The number of hydrogen-bond donors (Lipinski definition) is 2. The van der Waals surface area contributed by atoms with Crippen molar-refractivity contribution in [2.45, 2.75) is 33.2 Å². The van der Waals surface area contributed by atoms with Crippen LogP contribution in [0.3, 0.4) is 0 Å². The summed E-state index contributed by atoms with van der Waals surface area (Å²) in [5.74, 6) is 0.802. The number of nitrogens with one attached hydrogen (secondary N) is 1. The summed E-state index contributed by atoms with van der Waals surface area (Å²) in [4.78, 5) is 0. The van der Waals surface area contributed by atoms with E-state index in [-0.39, 0.29) is 0 Å². The molecule has 1 fully saturated rings. The van der Waals surface area contributed by atoms with Crippen molar-refractivity contribution in [3.63, 3.8) is 0 Å². The maximum Gasteiger partial charge on any atom is 0.0579 e. The van der Waals surface area contributed by atoms with Crippen molar-refractivity contribution in [2.24, 2.45) is 5.92 Å². The third kappa shape index (κ3) is 1.69. The molecule has 2 atom stereocenters. The van der Waals surface area contributed by atoms with Crippen molar-refractivity contribution < 1.29 is 0 Å². The zero-order valence-corrected chi connectivity index (χ0v) is 9.09. The summed E-state index contributed by atoms with van der Waals surface area (Å²) < 4.78 is 0. The van der Waals surface area contributed by atoms with Gasteiger partial charge in [-0.15, -0.1) is 0 Å². The van der Waals surface area contributed by atoms with Crippen LogP contribution in [0.2, 0.25) is 0 Å². The summed E-state index contributed by atoms with van der Waals surface area (Å²) in [7, 11) is 0. The highest BCUT2D eigenvalue weighted by Gasteiger charge is 2.32. The van der Waals surface area contributed by atoms with Gasteiger partial charge < -0.3 is 11.1 Å². The van der Waals surface area contributed by atoms with Gasteiger partial charge >= 0.3 is 0 Å². The van der Waals surface area contributed by atoms with E-state index in [1.54, 1.807) is 0 Å². The van der Waals surface area contributed by atoms with Gasteiger partial charge in [-0.3, -0.25) is 0 Å². The van der Waals surface area contributed by atoms with Crippen LogP contribution in [-0.2, 0) is 0 Å². The van der Waals surface area contributed by atoms with Crippen LogP contribution in [0.15, 0.2) is 12.1 Å². The molecule has 0 radical (unpaired) electrons. The van der Waals surface area contributed by atoms with Crippen LogP contribution in [-0.4, -0.2) is 6.04 Å². The van der Waals surface area contributed by atoms with E-state index in [4.69, 9.17) is 5.73 Å². The Balaban J connectivity index is 2.20. The SMILES string of the molecule is Cc1cc(N)c(NC2CC2C)cc1C. The lowest BCUT2D eigenvalue weighted by atomic mass is 10.1. The van der Waals surface area contributed by atoms with Gasteiger partial charge in [0.15, 0.2) is 0 Å². The van der Waals surface area contributed by atoms with Gasteiger partial charge in [0.2, 0.25) is 0 Å². The highest BCUT2D eigenvalue weighted by Crippen LogP contribution is 2.35. The Morgan fingerprint density at radius 3 is 2.43 bits per heavy atom. The smallest absolute Gasteiger partial charge is 0.0579 e. The third-order valence-corrected chi connectivity index (χ3v) is 3.12. The van der Waals surface area contributed by atoms with Gasteiger partial charge in [0.05, 0.1) is 11.4 Å². The highest BCUT2D eigenvalue weighted by atomic mass is 15.0. The van der Waals surface area contributed by atoms with Crippen molar-refractivity contribution in [1.82, 2.24) is 0 Å². The van der Waals surface area contributed by atoms with Crippen molar-refractivity contribution in [3.05, 3.63) is 23.3 Å². The number of benzene rings is 1. The van der Waals surface area contributed by atoms with Crippen molar-refractivity contribution in [2.75, 3.05) is 11.1 Å². The fraction of sp³-hybridized carbons (Fsp3) is 0.500. The summed E-state index contributed by atoms with van der Waals surface area (Å²) in [6.07, 6.45) is 1.27. The number of nitrogen functional groups attached to an aromatic ring is 1. The van der Waals surface area contributed by atoms with Crippen molar-refractivity contribution in [1.29, 1.82) is 0 Å². The summed E-state index contributed by atoms with van der Waals surface area (Å²) in [6, 6.07) is 4.83. The van der Waals surface area contributed by atoms with E-state index in [2.05, 4.69) is 32.2 Å². The van der Waals surface area contributed by atoms with Gasteiger partial charge in [-0.2, -0.15) is 0 Å². The van der Waals surface area contributed by atoms with E-state index in [9.17, 15) is 0 Å². The van der Waals surface area contributed by atoms with Crippen LogP contribution in [0.5, 0.6) is 0 Å². The predicted octanol–water partition coefficient (Wildman–Crippen LogP) is 2.71. The Labute approximate surface area is 85.5 Å². The summed E-state index contributed by atoms with van der Waals surface area (Å²) in [5, 5.41) is 3.48. The molecule has 1 aromatic rings. The Morgan fingerprint density at radius 1 is 1.29 bits per heavy atom. The zero-order chi connectivity index (χ0) is 10.3. The minimum absolute atomic E-state index is 0.638. The Bertz CT molecular complexity index is 358. The monoisotopic (exact) mass is 190 g/mol. The van der Waals surface area contributed by atoms with E-state index < -0.39 is 0 Å². The van der Waals surface area contributed by atoms with Crippen molar-refractivity contribution >= 4 is 11.4 Å². The first kappa shape index (κ1) is 9.38. The molecular weight excluding hydrogens is 172 g/mol. The Morgan fingerprint density at radius 2 is 1.86 bits per heavy atom. The summed E-state index contributed by atoms with van der Waals surface area (Å²) >= 11 is 0. The molecule has 0 amide bonds. The molecule has 2 nitrogen and oxygen atoms in total. The fourth-order valence-corrected chi connectivity index (χ4v) is 1.69. The van der Waals surface area contributed by atoms with Gasteiger partial charge in [0.25, 0.3) is 0 Å². The van der Waals surface area contributed by atoms with Crippen LogP contribution in [0.25, 0.3) is 0 Å². The Kier molecular flexibility index (Phi) is 2.14. The van der Waals surface area contributed by atoms with Crippen LogP contribution in [0.1, 0.15) is 24.5 Å². The van der Waals surface area contributed by atoms with Crippen LogP contribution in [0.4, 0.5) is 11.4 Å². The molecule has 2 heteroatoms. The molecule has 3 N–H and O–H groups in total. The molecule has 0 bridgehead atoms. The summed E-state index contributed by atoms with van der Waals surface area (Å²) in [6.45, 7) is 6.47. The largest absolute Gasteiger partial charge is 0.397 e. The lowest BCUT2D eigenvalue weighted by Gasteiger charge is -2.11. The number of hydrogen-bond acceptors (Lipinski definition) is 2. The van der Waals surface area contributed by atoms with Gasteiger partial charge in [0.1, 0.15) is 0 Å². The summed E-state index contributed by atoms with van der Waals surface area (Å²) in [5.41, 5.74) is 10.5. The topological polar surface area (TPSA) is 38.0 Å². The molecule has 0 heterocycles. The molecule has 1 aliphatic carbocycles. The van der Waals surface area contributed by atoms with Gasteiger partial charge in [-0.05, 0) is 49.4 Å². The van der Waals surface area contributed by atoms with Crippen LogP contribution >= 0.6 is 0 Å². The number of rotatable bonds is 2. The molecule has 1 aromatic carbocycles. The fourth-order valence-electron chi connectivity index (χ4n) is 1.69. The van der Waals surface area contributed by atoms with Crippen molar-refractivity contribution in [3.8, 4) is 0 Å². The van der Waals surface area contributed by atoms with E-state index in [0.29, 0.717) is 6.04 Å². The second-order valence-corrected chi connectivity index (χ2v) is 4.49. The van der Waals surface area contributed by atoms with Gasteiger partial charge in [-0.25, -0.2) is 0 Å². The molecule has 0 saturated heterocycles. The van der Waals surface area contributed by atoms with E-state index in [1.165, 1.54) is 17.5 Å². The first-order valence-electron chi connectivity index (χ1n) is 5.21. The molecule has 14 heavy (non-hydrogen) atoms. The second kappa shape index (κ2) is 3.19. The zero-order valence-electron chi connectivity index (χ0n) is 9.09.